The van der Waals surface area contributed by atoms with Crippen molar-refractivity contribution in [3.63, 3.8) is 0 Å². The summed E-state index contributed by atoms with van der Waals surface area (Å²) in [5.74, 6) is 0.802. The van der Waals surface area contributed by atoms with Crippen molar-refractivity contribution in [3.8, 4) is 0 Å². The average molecular weight is 240 g/mol. The lowest BCUT2D eigenvalue weighted by atomic mass is 9.79. The van der Waals surface area contributed by atoms with Crippen LogP contribution in [-0.2, 0) is 0 Å². The Bertz CT molecular complexity index is 236. The number of likely N-dealkylation sites (tertiary alicyclic amines) is 1. The number of hydrogen-bond acceptors (Lipinski definition) is 3. The Balaban J connectivity index is 1.73. The number of hydrogen-bond donors (Lipinski definition) is 2. The summed E-state index contributed by atoms with van der Waals surface area (Å²) < 4.78 is 0. The van der Waals surface area contributed by atoms with Crippen LogP contribution in [0.5, 0.6) is 0 Å². The minimum absolute atomic E-state index is 0.428. The fourth-order valence-electron chi connectivity index (χ4n) is 3.14. The second-order valence-electron chi connectivity index (χ2n) is 6.39. The largest absolute Gasteiger partial charge is 0.389 e. The first kappa shape index (κ1) is 13.3. The van der Waals surface area contributed by atoms with Crippen LogP contribution in [-0.4, -0.2) is 48.3 Å². The fourth-order valence-corrected chi connectivity index (χ4v) is 3.14. The molecule has 0 aromatic rings. The molecule has 0 aromatic heterocycles. The highest BCUT2D eigenvalue weighted by atomic mass is 16.3. The molecule has 0 spiro atoms. The van der Waals surface area contributed by atoms with Crippen molar-refractivity contribution < 1.29 is 5.11 Å². The third kappa shape index (κ3) is 3.94. The fraction of sp³-hybridized carbons (Fsp3) is 1.00. The molecule has 1 heterocycles. The highest BCUT2D eigenvalue weighted by Crippen LogP contribution is 2.31. The molecule has 1 saturated carbocycles. The van der Waals surface area contributed by atoms with E-state index < -0.39 is 5.60 Å². The van der Waals surface area contributed by atoms with Gasteiger partial charge in [0.25, 0.3) is 0 Å². The van der Waals surface area contributed by atoms with Crippen LogP contribution in [0.4, 0.5) is 0 Å². The SMILES string of the molecule is CC1CCC(O)(CNC2CCCN(C)C2)CC1. The highest BCUT2D eigenvalue weighted by molar-refractivity contribution is 4.88. The van der Waals surface area contributed by atoms with Gasteiger partial charge in [0.05, 0.1) is 5.60 Å². The van der Waals surface area contributed by atoms with Gasteiger partial charge in [0.2, 0.25) is 0 Å². The minimum atomic E-state index is -0.428. The monoisotopic (exact) mass is 240 g/mol. The standard InChI is InChI=1S/C14H28N2O/c1-12-5-7-14(17,8-6-12)11-15-13-4-3-9-16(2)10-13/h12-13,15,17H,3-11H2,1-2H3. The first-order valence-electron chi connectivity index (χ1n) is 7.22. The average Bonchev–Trinajstić information content (AvgIpc) is 2.31. The number of aliphatic hydroxyl groups is 1. The lowest BCUT2D eigenvalue weighted by Gasteiger charge is -2.38. The Hall–Kier alpha value is -0.120. The summed E-state index contributed by atoms with van der Waals surface area (Å²) in [7, 11) is 2.19. The summed E-state index contributed by atoms with van der Waals surface area (Å²) in [6, 6.07) is 0.581. The predicted molar refractivity (Wildman–Crippen MR) is 71.1 cm³/mol. The molecule has 3 nitrogen and oxygen atoms in total. The van der Waals surface area contributed by atoms with Crippen molar-refractivity contribution in [2.75, 3.05) is 26.7 Å². The maximum Gasteiger partial charge on any atom is 0.0771 e. The molecule has 3 heteroatoms. The Labute approximate surface area is 106 Å². The van der Waals surface area contributed by atoms with Crippen LogP contribution in [0, 0.1) is 5.92 Å². The smallest absolute Gasteiger partial charge is 0.0771 e. The van der Waals surface area contributed by atoms with E-state index in [1.54, 1.807) is 0 Å². The highest BCUT2D eigenvalue weighted by Gasteiger charge is 2.32. The van der Waals surface area contributed by atoms with Gasteiger partial charge in [-0.05, 0) is 58.0 Å². The summed E-state index contributed by atoms with van der Waals surface area (Å²) in [5.41, 5.74) is -0.428. The zero-order valence-corrected chi connectivity index (χ0v) is 11.4. The Morgan fingerprint density at radius 3 is 2.65 bits per heavy atom. The molecule has 1 saturated heterocycles. The lowest BCUT2D eigenvalue weighted by Crippen LogP contribution is -2.51. The van der Waals surface area contributed by atoms with E-state index in [0.717, 1.165) is 31.8 Å². The van der Waals surface area contributed by atoms with Gasteiger partial charge in [-0.2, -0.15) is 0 Å². The first-order valence-corrected chi connectivity index (χ1v) is 7.22. The summed E-state index contributed by atoms with van der Waals surface area (Å²) in [4.78, 5) is 2.38. The quantitative estimate of drug-likeness (QED) is 0.787. The number of nitrogens with zero attached hydrogens (tertiary/aromatic N) is 1. The van der Waals surface area contributed by atoms with Gasteiger partial charge in [0.1, 0.15) is 0 Å². The van der Waals surface area contributed by atoms with Crippen molar-refractivity contribution in [2.24, 2.45) is 5.92 Å². The van der Waals surface area contributed by atoms with Gasteiger partial charge < -0.3 is 15.3 Å². The van der Waals surface area contributed by atoms with Crippen LogP contribution in [0.25, 0.3) is 0 Å². The molecule has 1 atom stereocenters. The first-order chi connectivity index (χ1) is 8.07. The van der Waals surface area contributed by atoms with Gasteiger partial charge in [0, 0.05) is 19.1 Å². The van der Waals surface area contributed by atoms with Crippen molar-refractivity contribution >= 4 is 0 Å². The topological polar surface area (TPSA) is 35.5 Å². The van der Waals surface area contributed by atoms with Crippen molar-refractivity contribution in [1.82, 2.24) is 10.2 Å². The van der Waals surface area contributed by atoms with E-state index in [-0.39, 0.29) is 0 Å². The van der Waals surface area contributed by atoms with Crippen LogP contribution >= 0.6 is 0 Å². The van der Waals surface area contributed by atoms with Crippen molar-refractivity contribution in [1.29, 1.82) is 0 Å². The van der Waals surface area contributed by atoms with Gasteiger partial charge in [-0.15, -0.1) is 0 Å². The molecule has 100 valence electrons. The molecule has 1 aliphatic heterocycles. The van der Waals surface area contributed by atoms with Gasteiger partial charge in [-0.25, -0.2) is 0 Å². The Morgan fingerprint density at radius 1 is 1.29 bits per heavy atom. The molecule has 1 aliphatic carbocycles. The molecule has 0 amide bonds. The Morgan fingerprint density at radius 2 is 2.00 bits per heavy atom. The summed E-state index contributed by atoms with van der Waals surface area (Å²) in [6.45, 7) is 5.44. The number of likely N-dealkylation sites (N-methyl/N-ethyl adjacent to an activating group) is 1. The van der Waals surface area contributed by atoms with E-state index >= 15 is 0 Å². The maximum absolute atomic E-state index is 10.5. The van der Waals surface area contributed by atoms with Crippen LogP contribution in [0.2, 0.25) is 0 Å². The zero-order valence-electron chi connectivity index (χ0n) is 11.4. The molecule has 2 rings (SSSR count). The van der Waals surface area contributed by atoms with E-state index in [4.69, 9.17) is 0 Å². The molecule has 2 fully saturated rings. The van der Waals surface area contributed by atoms with Crippen LogP contribution in [0.15, 0.2) is 0 Å². The van der Waals surface area contributed by atoms with Crippen LogP contribution in [0.1, 0.15) is 45.4 Å². The number of rotatable bonds is 3. The molecule has 17 heavy (non-hydrogen) atoms. The molecular formula is C14H28N2O. The molecular weight excluding hydrogens is 212 g/mol. The Kier molecular flexibility index (Phi) is 4.45. The van der Waals surface area contributed by atoms with Crippen molar-refractivity contribution in [2.45, 2.75) is 57.1 Å². The molecule has 0 aromatic carbocycles. The number of piperidine rings is 1. The van der Waals surface area contributed by atoms with Gasteiger partial charge in [-0.1, -0.05) is 6.92 Å². The van der Waals surface area contributed by atoms with E-state index in [1.807, 2.05) is 0 Å². The lowest BCUT2D eigenvalue weighted by molar-refractivity contribution is -0.00985. The van der Waals surface area contributed by atoms with E-state index in [0.29, 0.717) is 6.04 Å². The molecule has 0 radical (unpaired) electrons. The second kappa shape index (κ2) is 5.68. The summed E-state index contributed by atoms with van der Waals surface area (Å²) in [6.07, 6.45) is 6.86. The van der Waals surface area contributed by atoms with Crippen LogP contribution in [0.3, 0.4) is 0 Å². The maximum atomic E-state index is 10.5. The van der Waals surface area contributed by atoms with E-state index in [2.05, 4.69) is 24.2 Å². The van der Waals surface area contributed by atoms with Crippen LogP contribution < -0.4 is 5.32 Å². The second-order valence-corrected chi connectivity index (χ2v) is 6.39. The van der Waals surface area contributed by atoms with Gasteiger partial charge >= 0.3 is 0 Å². The summed E-state index contributed by atoms with van der Waals surface area (Å²) >= 11 is 0. The zero-order chi connectivity index (χ0) is 12.3. The summed E-state index contributed by atoms with van der Waals surface area (Å²) in [5, 5.41) is 14.1. The third-order valence-corrected chi connectivity index (χ3v) is 4.55. The minimum Gasteiger partial charge on any atom is -0.389 e. The van der Waals surface area contributed by atoms with E-state index in [9.17, 15) is 5.11 Å². The molecule has 1 unspecified atom stereocenters. The predicted octanol–water partition coefficient (Wildman–Crippen LogP) is 1.61. The normalized spacial score (nSPS) is 40.4. The third-order valence-electron chi connectivity index (χ3n) is 4.55. The van der Waals surface area contributed by atoms with Gasteiger partial charge in [0.15, 0.2) is 0 Å². The molecule has 0 bridgehead atoms. The number of nitrogens with one attached hydrogen (secondary N) is 1. The van der Waals surface area contributed by atoms with Crippen molar-refractivity contribution in [3.05, 3.63) is 0 Å². The molecule has 2 aliphatic rings. The van der Waals surface area contributed by atoms with Gasteiger partial charge in [-0.3, -0.25) is 0 Å². The van der Waals surface area contributed by atoms with E-state index in [1.165, 1.54) is 32.2 Å². The molecule has 2 N–H and O–H groups in total.